The largest absolute Gasteiger partial charge is 0.484 e. The number of thioether (sulfide) groups is 1. The Morgan fingerprint density at radius 1 is 1.32 bits per heavy atom. The first-order valence-electron chi connectivity index (χ1n) is 7.45. The third-order valence-corrected chi connectivity index (χ3v) is 4.77. The summed E-state index contributed by atoms with van der Waals surface area (Å²) in [6.07, 6.45) is 1.67. The molecule has 0 aromatic heterocycles. The molecule has 0 aliphatic carbocycles. The smallest absolute Gasteiger partial charge is 0.350 e. The first-order valence-corrected chi connectivity index (χ1v) is 8.77. The molecule has 1 aromatic rings. The number of aliphatic imine (C=N–C) groups is 1. The van der Waals surface area contributed by atoms with Crippen molar-refractivity contribution in [3.8, 4) is 5.75 Å². The molecule has 7 nitrogen and oxygen atoms in total. The Labute approximate surface area is 153 Å². The number of nitrogens with zero attached hydrogens (tertiary/aromatic N) is 2. The van der Waals surface area contributed by atoms with Gasteiger partial charge in [-0.3, -0.25) is 14.5 Å². The first kappa shape index (κ1) is 17.5. The van der Waals surface area contributed by atoms with Crippen molar-refractivity contribution < 1.29 is 19.1 Å². The minimum absolute atomic E-state index is 0.0677. The quantitative estimate of drug-likeness (QED) is 0.815. The summed E-state index contributed by atoms with van der Waals surface area (Å²) < 4.78 is 5.31. The number of carbonyl (C=O) groups is 3. The third kappa shape index (κ3) is 4.21. The summed E-state index contributed by atoms with van der Waals surface area (Å²) in [7, 11) is 0. The lowest BCUT2D eigenvalue weighted by Crippen LogP contribution is -2.49. The summed E-state index contributed by atoms with van der Waals surface area (Å²) >= 11 is 7.08. The predicted octanol–water partition coefficient (Wildman–Crippen LogP) is 1.87. The van der Waals surface area contributed by atoms with Gasteiger partial charge in [0.25, 0.3) is 5.91 Å². The highest BCUT2D eigenvalue weighted by Gasteiger charge is 2.38. The molecule has 0 radical (unpaired) electrons. The third-order valence-electron chi connectivity index (χ3n) is 3.51. The van der Waals surface area contributed by atoms with E-state index in [-0.39, 0.29) is 31.5 Å². The zero-order valence-corrected chi connectivity index (χ0v) is 14.5. The Morgan fingerprint density at radius 2 is 2.08 bits per heavy atom. The number of ether oxygens (including phenoxy) is 1. The van der Waals surface area contributed by atoms with E-state index in [0.717, 1.165) is 4.90 Å². The number of amides is 4. The summed E-state index contributed by atoms with van der Waals surface area (Å²) in [5.74, 6) is -0.141. The molecule has 25 heavy (non-hydrogen) atoms. The van der Waals surface area contributed by atoms with Crippen molar-refractivity contribution in [2.75, 3.05) is 19.7 Å². The number of rotatable bonds is 6. The highest BCUT2D eigenvalue weighted by atomic mass is 35.5. The van der Waals surface area contributed by atoms with E-state index < -0.39 is 11.3 Å². The highest BCUT2D eigenvalue weighted by Crippen LogP contribution is 2.27. The molecule has 0 fully saturated rings. The van der Waals surface area contributed by atoms with E-state index in [1.165, 1.54) is 11.8 Å². The Hall–Kier alpha value is -2.32. The molecule has 9 heteroatoms. The number of hydrogen-bond donors (Lipinski definition) is 1. The molecule has 0 bridgehead atoms. The normalized spacial score (nSPS) is 18.8. The maximum Gasteiger partial charge on any atom is 0.350 e. The van der Waals surface area contributed by atoms with Crippen molar-refractivity contribution in [1.29, 1.82) is 0 Å². The van der Waals surface area contributed by atoms with Gasteiger partial charge >= 0.3 is 6.03 Å². The molecule has 4 amide bonds. The molecule has 1 atom stereocenters. The van der Waals surface area contributed by atoms with Crippen LogP contribution in [-0.4, -0.2) is 53.4 Å². The van der Waals surface area contributed by atoms with Crippen LogP contribution in [0.1, 0.15) is 0 Å². The zero-order valence-electron chi connectivity index (χ0n) is 13.0. The van der Waals surface area contributed by atoms with Crippen LogP contribution < -0.4 is 10.1 Å². The fourth-order valence-electron chi connectivity index (χ4n) is 2.28. The highest BCUT2D eigenvalue weighted by molar-refractivity contribution is 8.04. The molecule has 1 aromatic carbocycles. The Kier molecular flexibility index (Phi) is 5.40. The molecule has 2 aliphatic heterocycles. The molecule has 0 saturated heterocycles. The van der Waals surface area contributed by atoms with Crippen molar-refractivity contribution in [3.63, 3.8) is 0 Å². The van der Waals surface area contributed by atoms with Gasteiger partial charge in [0, 0.05) is 18.1 Å². The predicted molar refractivity (Wildman–Crippen MR) is 95.0 cm³/mol. The monoisotopic (exact) mass is 379 g/mol. The number of imide groups is 1. The van der Waals surface area contributed by atoms with E-state index in [0.29, 0.717) is 16.5 Å². The van der Waals surface area contributed by atoms with Gasteiger partial charge in [0.05, 0.1) is 5.71 Å². The molecule has 1 unspecified atom stereocenters. The minimum atomic E-state index is -0.602. The lowest BCUT2D eigenvalue weighted by atomic mass is 10.2. The summed E-state index contributed by atoms with van der Waals surface area (Å²) in [5.41, 5.74) is 0.483. The van der Waals surface area contributed by atoms with Crippen LogP contribution in [0.5, 0.6) is 5.75 Å². The SMILES string of the molecule is O=C(COc1ccc(Cl)cc1)NCCN1C(=O)N=C2C=CSC2C1=O. The van der Waals surface area contributed by atoms with Gasteiger partial charge in [-0.25, -0.2) is 4.79 Å². The molecule has 2 aliphatic rings. The lowest BCUT2D eigenvalue weighted by molar-refractivity contribution is -0.127. The fraction of sp³-hybridized carbons (Fsp3) is 0.250. The molecule has 0 saturated carbocycles. The van der Waals surface area contributed by atoms with Crippen LogP contribution in [0.3, 0.4) is 0 Å². The van der Waals surface area contributed by atoms with Gasteiger partial charge in [0.15, 0.2) is 6.61 Å². The average Bonchev–Trinajstić information content (AvgIpc) is 3.06. The molecular formula is C16H14ClN3O4S. The number of carbonyl (C=O) groups excluding carboxylic acids is 3. The van der Waals surface area contributed by atoms with E-state index >= 15 is 0 Å². The van der Waals surface area contributed by atoms with E-state index in [9.17, 15) is 14.4 Å². The molecule has 0 spiro atoms. The van der Waals surface area contributed by atoms with Gasteiger partial charge in [-0.2, -0.15) is 4.99 Å². The Bertz CT molecular complexity index is 763. The van der Waals surface area contributed by atoms with Gasteiger partial charge in [0.2, 0.25) is 5.91 Å². The van der Waals surface area contributed by atoms with Gasteiger partial charge in [-0.1, -0.05) is 11.6 Å². The second-order valence-corrected chi connectivity index (χ2v) is 6.67. The van der Waals surface area contributed by atoms with Gasteiger partial charge in [-0.15, -0.1) is 11.8 Å². The molecule has 2 heterocycles. The fourth-order valence-corrected chi connectivity index (χ4v) is 3.29. The number of fused-ring (bicyclic) bond motifs is 1. The van der Waals surface area contributed by atoms with Crippen LogP contribution in [0.4, 0.5) is 4.79 Å². The first-order chi connectivity index (χ1) is 12.0. The number of urea groups is 1. The maximum atomic E-state index is 12.2. The van der Waals surface area contributed by atoms with Gasteiger partial charge < -0.3 is 10.1 Å². The molecule has 3 rings (SSSR count). The summed E-state index contributed by atoms with van der Waals surface area (Å²) in [6, 6.07) is 6.03. The average molecular weight is 380 g/mol. The summed E-state index contributed by atoms with van der Waals surface area (Å²) in [4.78, 5) is 40.8. The Morgan fingerprint density at radius 3 is 2.84 bits per heavy atom. The Balaban J connectivity index is 1.43. The standard InChI is InChI=1S/C16H14ClN3O4S/c17-10-1-3-11(4-2-10)24-9-13(21)18-6-7-20-15(22)14-12(5-8-25-14)19-16(20)23/h1-5,8,14H,6-7,9H2,(H,18,21). The second-order valence-electron chi connectivity index (χ2n) is 5.22. The molecule has 130 valence electrons. The summed E-state index contributed by atoms with van der Waals surface area (Å²) in [5, 5.41) is 4.47. The number of hydrogen-bond acceptors (Lipinski definition) is 5. The lowest BCUT2D eigenvalue weighted by Gasteiger charge is -2.25. The number of halogens is 1. The van der Waals surface area contributed by atoms with Crippen LogP contribution in [0.15, 0.2) is 40.7 Å². The van der Waals surface area contributed by atoms with Crippen molar-refractivity contribution in [3.05, 3.63) is 40.8 Å². The van der Waals surface area contributed by atoms with Gasteiger partial charge in [-0.05, 0) is 35.7 Å². The zero-order chi connectivity index (χ0) is 17.8. The van der Waals surface area contributed by atoms with Crippen molar-refractivity contribution >= 4 is 46.9 Å². The van der Waals surface area contributed by atoms with Crippen LogP contribution in [0, 0.1) is 0 Å². The van der Waals surface area contributed by atoms with Crippen molar-refractivity contribution in [2.45, 2.75) is 5.25 Å². The minimum Gasteiger partial charge on any atom is -0.484 e. The topological polar surface area (TPSA) is 88.1 Å². The summed E-state index contributed by atoms with van der Waals surface area (Å²) in [6.45, 7) is 0.0301. The van der Waals surface area contributed by atoms with E-state index in [1.54, 1.807) is 35.7 Å². The van der Waals surface area contributed by atoms with E-state index in [4.69, 9.17) is 16.3 Å². The van der Waals surface area contributed by atoms with Gasteiger partial charge in [0.1, 0.15) is 11.0 Å². The number of benzene rings is 1. The number of nitrogens with one attached hydrogen (secondary N) is 1. The van der Waals surface area contributed by atoms with Crippen LogP contribution >= 0.6 is 23.4 Å². The van der Waals surface area contributed by atoms with Crippen molar-refractivity contribution in [1.82, 2.24) is 10.2 Å². The van der Waals surface area contributed by atoms with Crippen LogP contribution in [-0.2, 0) is 9.59 Å². The number of allylic oxidation sites excluding steroid dienone is 1. The molecular weight excluding hydrogens is 366 g/mol. The molecule has 1 N–H and O–H groups in total. The maximum absolute atomic E-state index is 12.2. The van der Waals surface area contributed by atoms with Crippen LogP contribution in [0.25, 0.3) is 0 Å². The van der Waals surface area contributed by atoms with Crippen LogP contribution in [0.2, 0.25) is 5.02 Å². The van der Waals surface area contributed by atoms with E-state index in [2.05, 4.69) is 10.3 Å². The second kappa shape index (κ2) is 7.71. The van der Waals surface area contributed by atoms with E-state index in [1.807, 2.05) is 0 Å². The van der Waals surface area contributed by atoms with Crippen molar-refractivity contribution in [2.24, 2.45) is 4.99 Å².